The molecule has 8 nitrogen and oxygen atoms in total. The lowest BCUT2D eigenvalue weighted by atomic mass is 10.0. The molecule has 9 heteroatoms. The fourth-order valence-corrected chi connectivity index (χ4v) is 4.49. The molecule has 25 heavy (non-hydrogen) atoms. The van der Waals surface area contributed by atoms with Crippen LogP contribution >= 0.6 is 0 Å². The monoisotopic (exact) mass is 367 g/mol. The number of amides is 2. The maximum atomic E-state index is 12.9. The molecule has 0 bridgehead atoms. The summed E-state index contributed by atoms with van der Waals surface area (Å²) in [4.78, 5) is 25.1. The molecule has 0 unspecified atom stereocenters. The summed E-state index contributed by atoms with van der Waals surface area (Å²) in [7, 11) is -3.67. The maximum absolute atomic E-state index is 12.9. The van der Waals surface area contributed by atoms with Crippen molar-refractivity contribution in [3.63, 3.8) is 0 Å². The first-order chi connectivity index (χ1) is 11.8. The molecule has 136 valence electrons. The van der Waals surface area contributed by atoms with Gasteiger partial charge >= 0.3 is 6.09 Å². The number of nitrogens with zero attached hydrogens (tertiary/aromatic N) is 2. The normalized spacial score (nSPS) is 21.0. The summed E-state index contributed by atoms with van der Waals surface area (Å²) in [6.45, 7) is 4.77. The van der Waals surface area contributed by atoms with Crippen molar-refractivity contribution in [1.82, 2.24) is 9.21 Å². The van der Waals surface area contributed by atoms with Crippen LogP contribution in [0.3, 0.4) is 0 Å². The third-order valence-corrected chi connectivity index (χ3v) is 6.44. The Balaban J connectivity index is 1.76. The third kappa shape index (κ3) is 3.21. The SMILES string of the molecule is CCOC(=O)N1CCN(S(=O)(=O)c2ccc3c(c2)[C@H](C)C(=O)N3)CC1. The molecule has 3 rings (SSSR count). The summed E-state index contributed by atoms with van der Waals surface area (Å²) in [5, 5.41) is 2.73. The lowest BCUT2D eigenvalue weighted by Gasteiger charge is -2.33. The van der Waals surface area contributed by atoms with Crippen LogP contribution in [0, 0.1) is 0 Å². The number of carbonyl (C=O) groups excluding carboxylic acids is 2. The molecule has 0 radical (unpaired) electrons. The quantitative estimate of drug-likeness (QED) is 0.866. The van der Waals surface area contributed by atoms with E-state index in [0.717, 1.165) is 0 Å². The molecule has 0 aromatic heterocycles. The van der Waals surface area contributed by atoms with Crippen LogP contribution in [0.4, 0.5) is 10.5 Å². The molecule has 2 aliphatic heterocycles. The van der Waals surface area contributed by atoms with Gasteiger partial charge in [0, 0.05) is 31.9 Å². The van der Waals surface area contributed by atoms with E-state index in [1.165, 1.54) is 15.3 Å². The van der Waals surface area contributed by atoms with Crippen molar-refractivity contribution in [2.45, 2.75) is 24.7 Å². The van der Waals surface area contributed by atoms with Crippen molar-refractivity contribution in [2.75, 3.05) is 38.1 Å². The summed E-state index contributed by atoms with van der Waals surface area (Å²) >= 11 is 0. The predicted octanol–water partition coefficient (Wildman–Crippen LogP) is 1.20. The number of piperazine rings is 1. The van der Waals surface area contributed by atoms with Gasteiger partial charge in [0.15, 0.2) is 0 Å². The summed E-state index contributed by atoms with van der Waals surface area (Å²) in [5.41, 5.74) is 1.35. The molecule has 2 aliphatic rings. The first-order valence-corrected chi connectivity index (χ1v) is 9.65. The van der Waals surface area contributed by atoms with Gasteiger partial charge in [0.2, 0.25) is 15.9 Å². The number of nitrogens with one attached hydrogen (secondary N) is 1. The van der Waals surface area contributed by atoms with E-state index in [0.29, 0.717) is 24.3 Å². The number of hydrogen-bond acceptors (Lipinski definition) is 5. The van der Waals surface area contributed by atoms with E-state index in [2.05, 4.69) is 5.32 Å². The Hall–Kier alpha value is -2.13. The van der Waals surface area contributed by atoms with Gasteiger partial charge in [0.1, 0.15) is 0 Å². The predicted molar refractivity (Wildman–Crippen MR) is 90.8 cm³/mol. The van der Waals surface area contributed by atoms with Crippen LogP contribution in [0.5, 0.6) is 0 Å². The number of anilines is 1. The van der Waals surface area contributed by atoms with E-state index in [-0.39, 0.29) is 36.4 Å². The van der Waals surface area contributed by atoms with Gasteiger partial charge in [0.05, 0.1) is 17.4 Å². The van der Waals surface area contributed by atoms with E-state index < -0.39 is 16.1 Å². The summed E-state index contributed by atoms with van der Waals surface area (Å²) in [5.74, 6) is -0.501. The zero-order valence-electron chi connectivity index (χ0n) is 14.2. The van der Waals surface area contributed by atoms with Gasteiger partial charge in [-0.3, -0.25) is 4.79 Å². The summed E-state index contributed by atoms with van der Waals surface area (Å²) in [6.07, 6.45) is -0.421. The fraction of sp³-hybridized carbons (Fsp3) is 0.500. The number of ether oxygens (including phenoxy) is 1. The minimum atomic E-state index is -3.67. The highest BCUT2D eigenvalue weighted by Crippen LogP contribution is 2.34. The first kappa shape index (κ1) is 17.7. The van der Waals surface area contributed by atoms with E-state index in [1.807, 2.05) is 0 Å². The van der Waals surface area contributed by atoms with Crippen LogP contribution in [0.1, 0.15) is 25.3 Å². The van der Waals surface area contributed by atoms with Gasteiger partial charge in [-0.1, -0.05) is 0 Å². The molecule has 1 atom stereocenters. The average molecular weight is 367 g/mol. The van der Waals surface area contributed by atoms with Crippen molar-refractivity contribution in [1.29, 1.82) is 0 Å². The van der Waals surface area contributed by atoms with Crippen molar-refractivity contribution in [3.05, 3.63) is 23.8 Å². The van der Waals surface area contributed by atoms with E-state index >= 15 is 0 Å². The maximum Gasteiger partial charge on any atom is 0.409 e. The van der Waals surface area contributed by atoms with Crippen LogP contribution < -0.4 is 5.32 Å². The fourth-order valence-electron chi connectivity index (χ4n) is 3.03. The second-order valence-electron chi connectivity index (χ2n) is 6.05. The van der Waals surface area contributed by atoms with Crippen molar-refractivity contribution < 1.29 is 22.7 Å². The molecule has 0 spiro atoms. The second-order valence-corrected chi connectivity index (χ2v) is 7.99. The van der Waals surface area contributed by atoms with Crippen LogP contribution in [-0.4, -0.2) is 62.4 Å². The number of carbonyl (C=O) groups is 2. The van der Waals surface area contributed by atoms with Crippen molar-refractivity contribution >= 4 is 27.7 Å². The zero-order chi connectivity index (χ0) is 18.2. The van der Waals surface area contributed by atoms with Gasteiger partial charge in [-0.05, 0) is 37.6 Å². The Morgan fingerprint density at radius 3 is 2.60 bits per heavy atom. The van der Waals surface area contributed by atoms with E-state index in [1.54, 1.807) is 26.0 Å². The lowest BCUT2D eigenvalue weighted by Crippen LogP contribution is -2.50. The Morgan fingerprint density at radius 1 is 1.28 bits per heavy atom. The average Bonchev–Trinajstić information content (AvgIpc) is 2.89. The third-order valence-electron chi connectivity index (χ3n) is 4.54. The minimum Gasteiger partial charge on any atom is -0.450 e. The largest absolute Gasteiger partial charge is 0.450 e. The minimum absolute atomic E-state index is 0.132. The zero-order valence-corrected chi connectivity index (χ0v) is 15.0. The van der Waals surface area contributed by atoms with Crippen LogP contribution in [0.2, 0.25) is 0 Å². The summed E-state index contributed by atoms with van der Waals surface area (Å²) in [6, 6.07) is 4.69. The molecule has 1 saturated heterocycles. The number of fused-ring (bicyclic) bond motifs is 1. The van der Waals surface area contributed by atoms with Crippen molar-refractivity contribution in [3.8, 4) is 0 Å². The van der Waals surface area contributed by atoms with Gasteiger partial charge in [-0.2, -0.15) is 4.31 Å². The lowest BCUT2D eigenvalue weighted by molar-refractivity contribution is -0.116. The molecule has 1 fully saturated rings. The summed E-state index contributed by atoms with van der Waals surface area (Å²) < 4.78 is 32.0. The second kappa shape index (κ2) is 6.64. The Bertz CT molecular complexity index is 800. The molecular formula is C16H21N3O5S. The topological polar surface area (TPSA) is 96.0 Å². The molecule has 0 aliphatic carbocycles. The number of rotatable bonds is 3. The molecule has 2 amide bonds. The van der Waals surface area contributed by atoms with Crippen LogP contribution in [0.25, 0.3) is 0 Å². The van der Waals surface area contributed by atoms with Gasteiger partial charge in [-0.25, -0.2) is 13.2 Å². The highest BCUT2D eigenvalue weighted by Gasteiger charge is 2.33. The Kier molecular flexibility index (Phi) is 4.70. The molecule has 2 heterocycles. The van der Waals surface area contributed by atoms with Gasteiger partial charge in [-0.15, -0.1) is 0 Å². The standard InChI is InChI=1S/C16H21N3O5S/c1-3-24-16(21)18-6-8-19(9-7-18)25(22,23)12-4-5-14-13(10-12)11(2)15(20)17-14/h4-5,10-11H,3,6-9H2,1-2H3,(H,17,20)/t11-/m0/s1. The van der Waals surface area contributed by atoms with Crippen LogP contribution in [0.15, 0.2) is 23.1 Å². The van der Waals surface area contributed by atoms with E-state index in [9.17, 15) is 18.0 Å². The number of benzene rings is 1. The smallest absolute Gasteiger partial charge is 0.409 e. The van der Waals surface area contributed by atoms with Crippen LogP contribution in [-0.2, 0) is 19.6 Å². The molecule has 0 saturated carbocycles. The Labute approximate surface area is 146 Å². The van der Waals surface area contributed by atoms with Gasteiger partial charge < -0.3 is 15.0 Å². The van der Waals surface area contributed by atoms with E-state index in [4.69, 9.17) is 4.74 Å². The first-order valence-electron chi connectivity index (χ1n) is 8.21. The highest BCUT2D eigenvalue weighted by atomic mass is 32.2. The number of sulfonamides is 1. The van der Waals surface area contributed by atoms with Gasteiger partial charge in [0.25, 0.3) is 0 Å². The highest BCUT2D eigenvalue weighted by molar-refractivity contribution is 7.89. The van der Waals surface area contributed by atoms with Crippen molar-refractivity contribution in [2.24, 2.45) is 0 Å². The Morgan fingerprint density at radius 2 is 1.96 bits per heavy atom. The molecule has 1 N–H and O–H groups in total. The molecular weight excluding hydrogens is 346 g/mol. The molecule has 1 aromatic carbocycles. The molecule has 1 aromatic rings. The number of hydrogen-bond donors (Lipinski definition) is 1.